The standard InChI is InChI=1S/C13H26N2O3/c1-5-15(9-7-12(16)17)11(4)13(18)14-8-6-10(2)3/h10-11H,5-9H2,1-4H3,(H,14,18)(H,16,17). The average Bonchev–Trinajstić information content (AvgIpc) is 2.28. The normalized spacial score (nSPS) is 12.8. The minimum atomic E-state index is -0.833. The summed E-state index contributed by atoms with van der Waals surface area (Å²) in [5, 5.41) is 11.5. The second-order valence-corrected chi connectivity index (χ2v) is 4.92. The Morgan fingerprint density at radius 3 is 2.33 bits per heavy atom. The molecule has 0 saturated heterocycles. The highest BCUT2D eigenvalue weighted by molar-refractivity contribution is 5.81. The van der Waals surface area contributed by atoms with Crippen LogP contribution >= 0.6 is 0 Å². The minimum absolute atomic E-state index is 0.0251. The molecule has 0 fully saturated rings. The van der Waals surface area contributed by atoms with Gasteiger partial charge in [-0.3, -0.25) is 14.5 Å². The van der Waals surface area contributed by atoms with Gasteiger partial charge in [-0.05, 0) is 25.8 Å². The van der Waals surface area contributed by atoms with Crippen LogP contribution in [0.3, 0.4) is 0 Å². The molecule has 0 aliphatic heterocycles. The summed E-state index contributed by atoms with van der Waals surface area (Å²) in [6, 6.07) is -0.276. The molecule has 0 aromatic rings. The van der Waals surface area contributed by atoms with E-state index in [1.165, 1.54) is 0 Å². The first kappa shape index (κ1) is 16.9. The Kier molecular flexibility index (Phi) is 8.37. The number of nitrogens with one attached hydrogen (secondary N) is 1. The third kappa shape index (κ3) is 7.27. The van der Waals surface area contributed by atoms with Crippen LogP contribution in [0, 0.1) is 5.92 Å². The molecule has 5 nitrogen and oxygen atoms in total. The Bertz CT molecular complexity index is 267. The maximum absolute atomic E-state index is 11.9. The molecule has 18 heavy (non-hydrogen) atoms. The summed E-state index contributed by atoms with van der Waals surface area (Å²) in [7, 11) is 0. The molecular formula is C13H26N2O3. The van der Waals surface area contributed by atoms with Crippen molar-refractivity contribution in [1.82, 2.24) is 10.2 Å². The van der Waals surface area contributed by atoms with Gasteiger partial charge >= 0.3 is 5.97 Å². The van der Waals surface area contributed by atoms with Crippen molar-refractivity contribution >= 4 is 11.9 Å². The van der Waals surface area contributed by atoms with Crippen LogP contribution in [0.25, 0.3) is 0 Å². The number of hydrogen-bond donors (Lipinski definition) is 2. The predicted octanol–water partition coefficient (Wildman–Crippen LogP) is 1.33. The molecule has 1 unspecified atom stereocenters. The van der Waals surface area contributed by atoms with E-state index in [9.17, 15) is 9.59 Å². The van der Waals surface area contributed by atoms with Gasteiger partial charge in [0.1, 0.15) is 0 Å². The Morgan fingerprint density at radius 2 is 1.89 bits per heavy atom. The average molecular weight is 258 g/mol. The van der Waals surface area contributed by atoms with Gasteiger partial charge in [0, 0.05) is 13.1 Å². The van der Waals surface area contributed by atoms with E-state index in [4.69, 9.17) is 5.11 Å². The van der Waals surface area contributed by atoms with E-state index in [1.54, 1.807) is 0 Å². The molecule has 1 amide bonds. The molecule has 0 radical (unpaired) electrons. The van der Waals surface area contributed by atoms with E-state index in [-0.39, 0.29) is 18.4 Å². The molecule has 0 aromatic heterocycles. The first-order chi connectivity index (χ1) is 8.38. The highest BCUT2D eigenvalue weighted by Gasteiger charge is 2.20. The summed E-state index contributed by atoms with van der Waals surface area (Å²) in [5.41, 5.74) is 0. The van der Waals surface area contributed by atoms with Crippen molar-refractivity contribution in [2.75, 3.05) is 19.6 Å². The van der Waals surface area contributed by atoms with Gasteiger partial charge in [-0.15, -0.1) is 0 Å². The van der Waals surface area contributed by atoms with Gasteiger partial charge in [-0.25, -0.2) is 0 Å². The van der Waals surface area contributed by atoms with Crippen LogP contribution in [-0.4, -0.2) is 47.6 Å². The van der Waals surface area contributed by atoms with E-state index < -0.39 is 5.97 Å². The number of carbonyl (C=O) groups excluding carboxylic acids is 1. The largest absolute Gasteiger partial charge is 0.481 e. The first-order valence-corrected chi connectivity index (χ1v) is 6.62. The van der Waals surface area contributed by atoms with E-state index >= 15 is 0 Å². The van der Waals surface area contributed by atoms with Crippen LogP contribution in [-0.2, 0) is 9.59 Å². The molecular weight excluding hydrogens is 232 g/mol. The van der Waals surface area contributed by atoms with E-state index in [0.717, 1.165) is 6.42 Å². The molecule has 106 valence electrons. The van der Waals surface area contributed by atoms with Gasteiger partial charge in [0.05, 0.1) is 12.5 Å². The number of rotatable bonds is 9. The molecule has 0 aliphatic rings. The number of carboxylic acids is 1. The van der Waals surface area contributed by atoms with Gasteiger partial charge in [0.15, 0.2) is 0 Å². The molecule has 0 saturated carbocycles. The van der Waals surface area contributed by atoms with Gasteiger partial charge in [0.2, 0.25) is 5.91 Å². The fourth-order valence-electron chi connectivity index (χ4n) is 1.66. The quantitative estimate of drug-likeness (QED) is 0.654. The zero-order valence-electron chi connectivity index (χ0n) is 11.9. The number of carboxylic acid groups (broad SMARTS) is 1. The van der Waals surface area contributed by atoms with Gasteiger partial charge in [0.25, 0.3) is 0 Å². The summed E-state index contributed by atoms with van der Waals surface area (Å²) < 4.78 is 0. The van der Waals surface area contributed by atoms with Crippen molar-refractivity contribution in [1.29, 1.82) is 0 Å². The third-order valence-corrected chi connectivity index (χ3v) is 2.97. The number of likely N-dealkylation sites (N-methyl/N-ethyl adjacent to an activating group) is 1. The lowest BCUT2D eigenvalue weighted by Crippen LogP contribution is -2.46. The zero-order chi connectivity index (χ0) is 14.1. The fourth-order valence-corrected chi connectivity index (χ4v) is 1.66. The number of aliphatic carboxylic acids is 1. The van der Waals surface area contributed by atoms with Crippen LogP contribution in [0.2, 0.25) is 0 Å². The van der Waals surface area contributed by atoms with Gasteiger partial charge in [-0.1, -0.05) is 20.8 Å². The number of carbonyl (C=O) groups is 2. The van der Waals surface area contributed by atoms with Crippen LogP contribution < -0.4 is 5.32 Å². The number of hydrogen-bond acceptors (Lipinski definition) is 3. The monoisotopic (exact) mass is 258 g/mol. The Morgan fingerprint density at radius 1 is 1.28 bits per heavy atom. The van der Waals surface area contributed by atoms with Crippen molar-refractivity contribution in [3.63, 3.8) is 0 Å². The van der Waals surface area contributed by atoms with Crippen molar-refractivity contribution in [3.05, 3.63) is 0 Å². The van der Waals surface area contributed by atoms with Crippen LogP contribution in [0.5, 0.6) is 0 Å². The van der Waals surface area contributed by atoms with Crippen molar-refractivity contribution in [2.24, 2.45) is 5.92 Å². The SMILES string of the molecule is CCN(CCC(=O)O)C(C)C(=O)NCCC(C)C. The molecule has 0 rings (SSSR count). The van der Waals surface area contributed by atoms with E-state index in [2.05, 4.69) is 19.2 Å². The molecule has 2 N–H and O–H groups in total. The lowest BCUT2D eigenvalue weighted by molar-refractivity contribution is -0.138. The second kappa shape index (κ2) is 8.91. The van der Waals surface area contributed by atoms with E-state index in [1.807, 2.05) is 18.7 Å². The minimum Gasteiger partial charge on any atom is -0.481 e. The number of nitrogens with zero attached hydrogens (tertiary/aromatic N) is 1. The summed E-state index contributed by atoms with van der Waals surface area (Å²) in [4.78, 5) is 24.3. The van der Waals surface area contributed by atoms with Gasteiger partial charge in [-0.2, -0.15) is 0 Å². The molecule has 0 bridgehead atoms. The lowest BCUT2D eigenvalue weighted by atomic mass is 10.1. The van der Waals surface area contributed by atoms with Crippen molar-refractivity contribution < 1.29 is 14.7 Å². The molecule has 0 heterocycles. The topological polar surface area (TPSA) is 69.6 Å². The molecule has 0 aliphatic carbocycles. The molecule has 0 spiro atoms. The van der Waals surface area contributed by atoms with Gasteiger partial charge < -0.3 is 10.4 Å². The third-order valence-electron chi connectivity index (χ3n) is 2.97. The molecule has 0 aromatic carbocycles. The van der Waals surface area contributed by atoms with Crippen molar-refractivity contribution in [3.8, 4) is 0 Å². The fraction of sp³-hybridized carbons (Fsp3) is 0.846. The smallest absolute Gasteiger partial charge is 0.304 e. The summed E-state index contributed by atoms with van der Waals surface area (Å²) in [6.45, 7) is 9.73. The summed E-state index contributed by atoms with van der Waals surface area (Å²) in [6.07, 6.45) is 1.02. The van der Waals surface area contributed by atoms with Crippen LogP contribution in [0.1, 0.15) is 40.5 Å². The highest BCUT2D eigenvalue weighted by Crippen LogP contribution is 2.02. The summed E-state index contributed by atoms with van der Waals surface area (Å²) in [5.74, 6) is -0.293. The highest BCUT2D eigenvalue weighted by atomic mass is 16.4. The Balaban J connectivity index is 4.10. The van der Waals surface area contributed by atoms with Crippen molar-refractivity contribution in [2.45, 2.75) is 46.6 Å². The van der Waals surface area contributed by atoms with E-state index in [0.29, 0.717) is 25.6 Å². The van der Waals surface area contributed by atoms with Crippen LogP contribution in [0.4, 0.5) is 0 Å². The maximum Gasteiger partial charge on any atom is 0.304 e. The van der Waals surface area contributed by atoms with Crippen LogP contribution in [0.15, 0.2) is 0 Å². The Labute approximate surface area is 110 Å². The number of amides is 1. The second-order valence-electron chi connectivity index (χ2n) is 4.92. The molecule has 1 atom stereocenters. The lowest BCUT2D eigenvalue weighted by Gasteiger charge is -2.26. The maximum atomic E-state index is 11.9. The summed E-state index contributed by atoms with van der Waals surface area (Å²) >= 11 is 0. The molecule has 5 heteroatoms. The zero-order valence-corrected chi connectivity index (χ0v) is 11.9. The predicted molar refractivity (Wildman–Crippen MR) is 71.4 cm³/mol. The first-order valence-electron chi connectivity index (χ1n) is 6.62. The Hall–Kier alpha value is -1.10.